The van der Waals surface area contributed by atoms with Gasteiger partial charge in [0, 0.05) is 64.5 Å². The van der Waals surface area contributed by atoms with Crippen LogP contribution in [0.5, 0.6) is 5.75 Å². The molecule has 0 saturated carbocycles. The van der Waals surface area contributed by atoms with Gasteiger partial charge in [-0.05, 0) is 23.6 Å². The Labute approximate surface area is 200 Å². The van der Waals surface area contributed by atoms with Crippen LogP contribution in [0.4, 0.5) is 5.69 Å². The fourth-order valence-corrected chi connectivity index (χ4v) is 4.61. The first kappa shape index (κ1) is 25.6. The predicted octanol–water partition coefficient (Wildman–Crippen LogP) is 2.94. The first-order valence-electron chi connectivity index (χ1n) is 11.3. The lowest BCUT2D eigenvalue weighted by atomic mass is 9.88. The lowest BCUT2D eigenvalue weighted by Gasteiger charge is -2.28. The number of benzene rings is 2. The van der Waals surface area contributed by atoms with Crippen molar-refractivity contribution in [3.05, 3.63) is 69.8 Å². The third-order valence-electron chi connectivity index (χ3n) is 6.26. The van der Waals surface area contributed by atoms with Crippen molar-refractivity contribution >= 4 is 11.6 Å². The Morgan fingerprint density at radius 3 is 2.62 bits per heavy atom. The Bertz CT molecular complexity index is 969. The Hall–Kier alpha value is -3.01. The van der Waals surface area contributed by atoms with Gasteiger partial charge < -0.3 is 19.1 Å². The number of nitro groups is 1. The number of likely N-dealkylation sites (tertiary alicyclic amines) is 1. The maximum atomic E-state index is 12.7. The zero-order valence-electron chi connectivity index (χ0n) is 20.0. The molecule has 1 amide bonds. The molecule has 0 radical (unpaired) electrons. The van der Waals surface area contributed by atoms with Gasteiger partial charge in [0.2, 0.25) is 5.91 Å². The molecule has 34 heavy (non-hydrogen) atoms. The molecule has 184 valence electrons. The van der Waals surface area contributed by atoms with Crippen molar-refractivity contribution in [1.29, 1.82) is 0 Å². The molecule has 0 aliphatic carbocycles. The second-order valence-electron chi connectivity index (χ2n) is 8.49. The Morgan fingerprint density at radius 1 is 1.12 bits per heavy atom. The predicted molar refractivity (Wildman–Crippen MR) is 128 cm³/mol. The van der Waals surface area contributed by atoms with E-state index < -0.39 is 0 Å². The summed E-state index contributed by atoms with van der Waals surface area (Å²) in [5.41, 5.74) is 1.94. The van der Waals surface area contributed by atoms with E-state index >= 15 is 0 Å². The molecular formula is C25H33N3O6. The fraction of sp³-hybridized carbons (Fsp3) is 0.480. The summed E-state index contributed by atoms with van der Waals surface area (Å²) < 4.78 is 15.7. The summed E-state index contributed by atoms with van der Waals surface area (Å²) in [5, 5.41) is 11.5. The number of methoxy groups -OCH3 is 3. The van der Waals surface area contributed by atoms with Crippen LogP contribution in [0.1, 0.15) is 17.0 Å². The van der Waals surface area contributed by atoms with Crippen molar-refractivity contribution in [3.63, 3.8) is 0 Å². The Balaban J connectivity index is 1.86. The van der Waals surface area contributed by atoms with Crippen LogP contribution >= 0.6 is 0 Å². The summed E-state index contributed by atoms with van der Waals surface area (Å²) in [6, 6.07) is 14.8. The average molecular weight is 472 g/mol. The van der Waals surface area contributed by atoms with Crippen LogP contribution < -0.4 is 4.74 Å². The van der Waals surface area contributed by atoms with Gasteiger partial charge in [-0.1, -0.05) is 30.3 Å². The van der Waals surface area contributed by atoms with Crippen molar-refractivity contribution < 1.29 is 23.9 Å². The second-order valence-corrected chi connectivity index (χ2v) is 8.49. The average Bonchev–Trinajstić information content (AvgIpc) is 3.24. The minimum Gasteiger partial charge on any atom is -0.497 e. The van der Waals surface area contributed by atoms with Gasteiger partial charge in [-0.25, -0.2) is 0 Å². The molecule has 1 fully saturated rings. The molecule has 9 nitrogen and oxygen atoms in total. The highest BCUT2D eigenvalue weighted by Crippen LogP contribution is 2.36. The number of nitro benzene ring substituents is 1. The summed E-state index contributed by atoms with van der Waals surface area (Å²) >= 11 is 0. The third-order valence-corrected chi connectivity index (χ3v) is 6.26. The molecule has 0 bridgehead atoms. The van der Waals surface area contributed by atoms with Crippen molar-refractivity contribution in [2.45, 2.75) is 12.5 Å². The van der Waals surface area contributed by atoms with Gasteiger partial charge in [-0.15, -0.1) is 0 Å². The number of carbonyl (C=O) groups is 1. The summed E-state index contributed by atoms with van der Waals surface area (Å²) in [5.74, 6) is 0.965. The molecule has 1 aliphatic rings. The van der Waals surface area contributed by atoms with Crippen molar-refractivity contribution in [2.75, 3.05) is 60.7 Å². The van der Waals surface area contributed by atoms with E-state index in [9.17, 15) is 14.9 Å². The van der Waals surface area contributed by atoms with Crippen molar-refractivity contribution in [2.24, 2.45) is 5.92 Å². The minimum absolute atomic E-state index is 0.0141. The largest absolute Gasteiger partial charge is 0.497 e. The highest BCUT2D eigenvalue weighted by molar-refractivity contribution is 5.77. The van der Waals surface area contributed by atoms with E-state index in [1.807, 2.05) is 24.3 Å². The van der Waals surface area contributed by atoms with E-state index in [2.05, 4.69) is 11.0 Å². The van der Waals surface area contributed by atoms with Crippen LogP contribution in [-0.4, -0.2) is 81.4 Å². The van der Waals surface area contributed by atoms with Gasteiger partial charge in [0.1, 0.15) is 12.4 Å². The van der Waals surface area contributed by atoms with Crippen LogP contribution in [0.25, 0.3) is 0 Å². The molecule has 0 N–H and O–H groups in total. The molecular weight excluding hydrogens is 438 g/mol. The highest BCUT2D eigenvalue weighted by atomic mass is 16.6. The molecule has 9 heteroatoms. The number of nitrogens with zero attached hydrogens (tertiary/aromatic N) is 3. The lowest BCUT2D eigenvalue weighted by Crippen LogP contribution is -2.41. The zero-order chi connectivity index (χ0) is 24.5. The summed E-state index contributed by atoms with van der Waals surface area (Å²) in [6.07, 6.45) is 0. The molecule has 1 saturated heterocycles. The van der Waals surface area contributed by atoms with E-state index in [-0.39, 0.29) is 35.0 Å². The van der Waals surface area contributed by atoms with E-state index in [0.717, 1.165) is 17.9 Å². The normalized spacial score (nSPS) is 18.1. The van der Waals surface area contributed by atoms with Crippen LogP contribution in [0.15, 0.2) is 48.5 Å². The van der Waals surface area contributed by atoms with Gasteiger partial charge in [-0.2, -0.15) is 0 Å². The number of hydrogen-bond acceptors (Lipinski definition) is 7. The number of amides is 1. The van der Waals surface area contributed by atoms with Gasteiger partial charge >= 0.3 is 0 Å². The smallest absolute Gasteiger partial charge is 0.273 e. The monoisotopic (exact) mass is 471 g/mol. The van der Waals surface area contributed by atoms with Crippen LogP contribution in [0, 0.1) is 16.0 Å². The van der Waals surface area contributed by atoms with Gasteiger partial charge in [0.15, 0.2) is 0 Å². The molecule has 1 aliphatic heterocycles. The molecule has 2 unspecified atom stereocenters. The molecule has 0 aromatic heterocycles. The summed E-state index contributed by atoms with van der Waals surface area (Å²) in [7, 11) is 4.76. The maximum absolute atomic E-state index is 12.7. The molecule has 1 heterocycles. The topological polar surface area (TPSA) is 94.4 Å². The maximum Gasteiger partial charge on any atom is 0.273 e. The molecule has 0 spiro atoms. The summed E-state index contributed by atoms with van der Waals surface area (Å²) in [6.45, 7) is 3.37. The quantitative estimate of drug-likeness (QED) is 0.347. The van der Waals surface area contributed by atoms with Gasteiger partial charge in [-0.3, -0.25) is 19.8 Å². The first-order valence-corrected chi connectivity index (χ1v) is 11.3. The van der Waals surface area contributed by atoms with E-state index in [0.29, 0.717) is 38.3 Å². The highest BCUT2D eigenvalue weighted by Gasteiger charge is 2.36. The number of ether oxygens (including phenoxy) is 3. The lowest BCUT2D eigenvalue weighted by molar-refractivity contribution is -0.385. The molecule has 2 aromatic rings. The SMILES string of the molecule is COCCN(CC1CN(Cc2ccccc2[N+](=O)[O-])CC1c1cccc(OC)c1)C(=O)COC. The molecule has 2 aromatic carbocycles. The summed E-state index contributed by atoms with van der Waals surface area (Å²) in [4.78, 5) is 27.9. The zero-order valence-corrected chi connectivity index (χ0v) is 20.0. The molecule has 3 rings (SSSR count). The van der Waals surface area contributed by atoms with Gasteiger partial charge in [0.05, 0.1) is 18.6 Å². The first-order chi connectivity index (χ1) is 16.5. The molecule has 2 atom stereocenters. The number of rotatable bonds is 12. The third kappa shape index (κ3) is 6.53. The fourth-order valence-electron chi connectivity index (χ4n) is 4.61. The number of carbonyl (C=O) groups excluding carboxylic acids is 1. The second kappa shape index (κ2) is 12.5. The van der Waals surface area contributed by atoms with E-state index in [1.54, 1.807) is 37.3 Å². The van der Waals surface area contributed by atoms with Crippen LogP contribution in [0.3, 0.4) is 0 Å². The van der Waals surface area contributed by atoms with Gasteiger partial charge in [0.25, 0.3) is 5.69 Å². The number of hydrogen-bond donors (Lipinski definition) is 0. The van der Waals surface area contributed by atoms with E-state index in [4.69, 9.17) is 14.2 Å². The van der Waals surface area contributed by atoms with Crippen molar-refractivity contribution in [1.82, 2.24) is 9.80 Å². The Kier molecular flexibility index (Phi) is 9.38. The standard InChI is InChI=1S/C25H33N3O6/c1-32-12-11-27(25(29)18-33-2)16-21-15-26(14-20-7-4-5-10-24(20)28(30)31)17-23(21)19-8-6-9-22(13-19)34-3/h4-10,13,21,23H,11-12,14-18H2,1-3H3. The van der Waals surface area contributed by atoms with E-state index in [1.165, 1.54) is 7.11 Å². The number of para-hydroxylation sites is 1. The van der Waals surface area contributed by atoms with Crippen LogP contribution in [0.2, 0.25) is 0 Å². The van der Waals surface area contributed by atoms with Crippen LogP contribution in [-0.2, 0) is 20.8 Å². The van der Waals surface area contributed by atoms with Crippen molar-refractivity contribution in [3.8, 4) is 5.75 Å². The minimum atomic E-state index is -0.335. The Morgan fingerprint density at radius 2 is 1.91 bits per heavy atom.